The lowest BCUT2D eigenvalue weighted by molar-refractivity contribution is 0.389. The molecule has 164 valence electrons. The van der Waals surface area contributed by atoms with Crippen molar-refractivity contribution >= 4 is 54.8 Å². The number of hydrogen-bond acceptors (Lipinski definition) is 7. The second-order valence-corrected chi connectivity index (χ2v) is 8.99. The van der Waals surface area contributed by atoms with Crippen molar-refractivity contribution in [1.82, 2.24) is 9.97 Å². The molecule has 0 atom stereocenters. The summed E-state index contributed by atoms with van der Waals surface area (Å²) in [6.07, 6.45) is 0. The third-order valence-electron chi connectivity index (χ3n) is 5.14. The average molecular weight is 458 g/mol. The van der Waals surface area contributed by atoms with Crippen LogP contribution in [-0.2, 0) is 10.0 Å². The largest absolute Gasteiger partial charge is 0.337 e. The molecule has 0 aliphatic carbocycles. The van der Waals surface area contributed by atoms with E-state index in [1.807, 2.05) is 66.1 Å². The fourth-order valence-electron chi connectivity index (χ4n) is 3.52. The number of fused-ring (bicyclic) bond motifs is 2. The van der Waals surface area contributed by atoms with E-state index in [-0.39, 0.29) is 16.5 Å². The van der Waals surface area contributed by atoms with E-state index in [0.29, 0.717) is 16.7 Å². The fourth-order valence-corrected chi connectivity index (χ4v) is 4.52. The third kappa shape index (κ3) is 4.14. The monoisotopic (exact) mass is 457 g/mol. The van der Waals surface area contributed by atoms with Gasteiger partial charge in [0, 0.05) is 11.1 Å². The number of nitrogens with one attached hydrogen (secondary N) is 3. The van der Waals surface area contributed by atoms with E-state index in [2.05, 4.69) is 20.0 Å². The van der Waals surface area contributed by atoms with Gasteiger partial charge in [-0.2, -0.15) is 0 Å². The molecule has 4 N–H and O–H groups in total. The first-order valence-electron chi connectivity index (χ1n) is 10.1. The van der Waals surface area contributed by atoms with E-state index in [1.165, 1.54) is 24.3 Å². The third-order valence-corrected chi connectivity index (χ3v) is 6.49. The minimum absolute atomic E-state index is 0.0209. The summed E-state index contributed by atoms with van der Waals surface area (Å²) >= 11 is 0. The highest BCUT2D eigenvalue weighted by molar-refractivity contribution is 7.92. The van der Waals surface area contributed by atoms with Crippen LogP contribution in [0.5, 0.6) is 0 Å². The lowest BCUT2D eigenvalue weighted by atomic mass is 10.1. The predicted molar refractivity (Wildman–Crippen MR) is 129 cm³/mol. The SMILES string of the molecule is O=S(=O)(Nc1nc2ccccc2nc1Nc1cccc2ccccc12)c1ccc(NO)cc1. The first-order chi connectivity index (χ1) is 16.0. The second kappa shape index (κ2) is 8.38. The topological polar surface area (TPSA) is 116 Å². The minimum atomic E-state index is -3.97. The van der Waals surface area contributed by atoms with Crippen LogP contribution >= 0.6 is 0 Å². The Morgan fingerprint density at radius 1 is 0.697 bits per heavy atom. The number of sulfonamides is 1. The van der Waals surface area contributed by atoms with Gasteiger partial charge in [0.25, 0.3) is 10.0 Å². The van der Waals surface area contributed by atoms with Crippen LogP contribution in [0.4, 0.5) is 23.0 Å². The van der Waals surface area contributed by atoms with Gasteiger partial charge < -0.3 is 5.32 Å². The van der Waals surface area contributed by atoms with Crippen molar-refractivity contribution in [1.29, 1.82) is 0 Å². The van der Waals surface area contributed by atoms with Crippen molar-refractivity contribution in [3.05, 3.63) is 91.0 Å². The Labute approximate surface area is 190 Å². The van der Waals surface area contributed by atoms with Crippen LogP contribution in [0.25, 0.3) is 21.8 Å². The normalized spacial score (nSPS) is 11.4. The number of hydrogen-bond donors (Lipinski definition) is 4. The van der Waals surface area contributed by atoms with E-state index in [1.54, 1.807) is 6.07 Å². The second-order valence-electron chi connectivity index (χ2n) is 7.30. The van der Waals surface area contributed by atoms with Crippen molar-refractivity contribution in [2.24, 2.45) is 0 Å². The van der Waals surface area contributed by atoms with Crippen LogP contribution < -0.4 is 15.5 Å². The van der Waals surface area contributed by atoms with Crippen molar-refractivity contribution in [3.63, 3.8) is 0 Å². The summed E-state index contributed by atoms with van der Waals surface area (Å²) in [6.45, 7) is 0. The molecule has 4 aromatic carbocycles. The summed E-state index contributed by atoms with van der Waals surface area (Å²) in [4.78, 5) is 9.19. The molecular formula is C24H19N5O3S. The molecule has 0 unspecified atom stereocenters. The molecule has 0 saturated heterocycles. The Balaban J connectivity index is 1.59. The standard InChI is InChI=1S/C24H19N5O3S/c30-28-17-12-14-18(15-13-17)33(31,32)29-24-23(26-21-9-3-4-10-22(21)27-24)25-20-11-5-7-16-6-1-2-8-19(16)20/h1-15,28,30H,(H,25,26)(H,27,29). The molecule has 0 aliphatic heterocycles. The van der Waals surface area contributed by atoms with Crippen molar-refractivity contribution < 1.29 is 13.6 Å². The van der Waals surface area contributed by atoms with Crippen molar-refractivity contribution in [3.8, 4) is 0 Å². The molecule has 5 rings (SSSR count). The number of rotatable bonds is 6. The van der Waals surface area contributed by atoms with Gasteiger partial charge >= 0.3 is 0 Å². The Kier molecular flexibility index (Phi) is 5.25. The zero-order chi connectivity index (χ0) is 22.8. The highest BCUT2D eigenvalue weighted by Gasteiger charge is 2.19. The summed E-state index contributed by atoms with van der Waals surface area (Å²) in [5, 5.41) is 14.2. The van der Waals surface area contributed by atoms with E-state index in [0.717, 1.165) is 16.5 Å². The van der Waals surface area contributed by atoms with Crippen molar-refractivity contribution in [2.45, 2.75) is 4.90 Å². The van der Waals surface area contributed by atoms with Gasteiger partial charge in [-0.25, -0.2) is 18.4 Å². The lowest BCUT2D eigenvalue weighted by Crippen LogP contribution is -2.16. The molecule has 0 bridgehead atoms. The van der Waals surface area contributed by atoms with E-state index in [4.69, 9.17) is 5.21 Å². The molecular weight excluding hydrogens is 438 g/mol. The smallest absolute Gasteiger partial charge is 0.263 e. The number of nitrogens with zero attached hydrogens (tertiary/aromatic N) is 2. The Morgan fingerprint density at radius 2 is 1.33 bits per heavy atom. The molecule has 1 heterocycles. The molecule has 0 radical (unpaired) electrons. The van der Waals surface area contributed by atoms with Gasteiger partial charge in [0.15, 0.2) is 11.6 Å². The van der Waals surface area contributed by atoms with E-state index < -0.39 is 10.0 Å². The molecule has 5 aromatic rings. The highest BCUT2D eigenvalue weighted by Crippen LogP contribution is 2.30. The Morgan fingerprint density at radius 3 is 2.06 bits per heavy atom. The summed E-state index contributed by atoms with van der Waals surface area (Å²) in [5.41, 5.74) is 4.31. The lowest BCUT2D eigenvalue weighted by Gasteiger charge is -2.15. The van der Waals surface area contributed by atoms with Gasteiger partial charge in [-0.3, -0.25) is 15.4 Å². The number of anilines is 4. The van der Waals surface area contributed by atoms with Crippen LogP contribution in [0.3, 0.4) is 0 Å². The summed E-state index contributed by atoms with van der Waals surface area (Å²) in [7, 11) is -3.97. The molecule has 0 fully saturated rings. The molecule has 8 nitrogen and oxygen atoms in total. The minimum Gasteiger partial charge on any atom is -0.337 e. The van der Waals surface area contributed by atoms with Crippen molar-refractivity contribution in [2.75, 3.05) is 15.5 Å². The van der Waals surface area contributed by atoms with Crippen LogP contribution in [0, 0.1) is 0 Å². The number of aromatic nitrogens is 2. The van der Waals surface area contributed by atoms with Gasteiger partial charge in [0.2, 0.25) is 0 Å². The fraction of sp³-hybridized carbons (Fsp3) is 0. The first-order valence-corrected chi connectivity index (χ1v) is 11.6. The van der Waals surface area contributed by atoms with Gasteiger partial charge in [0.1, 0.15) is 0 Å². The van der Waals surface area contributed by atoms with Gasteiger partial charge in [-0.05, 0) is 47.9 Å². The quantitative estimate of drug-likeness (QED) is 0.261. The van der Waals surface area contributed by atoms with Gasteiger partial charge in [-0.15, -0.1) is 0 Å². The molecule has 33 heavy (non-hydrogen) atoms. The molecule has 0 aliphatic rings. The summed E-state index contributed by atoms with van der Waals surface area (Å²) in [6, 6.07) is 26.6. The summed E-state index contributed by atoms with van der Waals surface area (Å²) < 4.78 is 28.7. The summed E-state index contributed by atoms with van der Waals surface area (Å²) in [5.74, 6) is 0.355. The van der Waals surface area contributed by atoms with Crippen LogP contribution in [-0.4, -0.2) is 23.6 Å². The van der Waals surface area contributed by atoms with E-state index in [9.17, 15) is 8.42 Å². The predicted octanol–water partition coefficient (Wildman–Crippen LogP) is 5.13. The Hall–Kier alpha value is -4.21. The maximum atomic E-state index is 13.1. The maximum Gasteiger partial charge on any atom is 0.263 e. The number of benzene rings is 4. The zero-order valence-corrected chi connectivity index (χ0v) is 18.0. The van der Waals surface area contributed by atoms with E-state index >= 15 is 0 Å². The van der Waals surface area contributed by atoms with Crippen LogP contribution in [0.15, 0.2) is 95.9 Å². The zero-order valence-electron chi connectivity index (χ0n) is 17.2. The van der Waals surface area contributed by atoms with Gasteiger partial charge in [0.05, 0.1) is 21.6 Å². The number of para-hydroxylation sites is 2. The molecule has 0 amide bonds. The molecule has 1 aromatic heterocycles. The van der Waals surface area contributed by atoms with Gasteiger partial charge in [-0.1, -0.05) is 48.5 Å². The molecule has 0 spiro atoms. The van der Waals surface area contributed by atoms with Crippen LogP contribution in [0.1, 0.15) is 0 Å². The maximum absolute atomic E-state index is 13.1. The highest BCUT2D eigenvalue weighted by atomic mass is 32.2. The Bertz CT molecular complexity index is 1570. The van der Waals surface area contributed by atoms with Crippen LogP contribution in [0.2, 0.25) is 0 Å². The molecule has 0 saturated carbocycles. The first kappa shape index (κ1) is 20.7. The molecule has 9 heteroatoms. The average Bonchev–Trinajstić information content (AvgIpc) is 2.84.